The third kappa shape index (κ3) is 15.5. The number of nitrogens with one attached hydrogen (secondary N) is 5. The van der Waals surface area contributed by atoms with Gasteiger partial charge in [-0.3, -0.25) is 24.0 Å². The van der Waals surface area contributed by atoms with E-state index in [1.807, 2.05) is 0 Å². The molecule has 1 aromatic rings. The zero-order valence-corrected chi connectivity index (χ0v) is 49.4. The van der Waals surface area contributed by atoms with Gasteiger partial charge in [0.25, 0.3) is 0 Å². The first-order chi connectivity index (χ1) is 40.0. The highest BCUT2D eigenvalue weighted by molar-refractivity contribution is 6.01. The van der Waals surface area contributed by atoms with Crippen LogP contribution in [0.5, 0.6) is 5.75 Å². The van der Waals surface area contributed by atoms with Crippen molar-refractivity contribution in [2.75, 3.05) is 84.5 Å². The maximum absolute atomic E-state index is 17.7. The summed E-state index contributed by atoms with van der Waals surface area (Å²) >= 11 is 0. The lowest BCUT2D eigenvalue weighted by Crippen LogP contribution is -2.70. The van der Waals surface area contributed by atoms with Gasteiger partial charge in [-0.1, -0.05) is 59.5 Å². The van der Waals surface area contributed by atoms with Crippen molar-refractivity contribution in [2.24, 2.45) is 58.0 Å². The highest BCUT2D eigenvalue weighted by atomic mass is 19.1. The molecular formula is C61H90F2N6O15. The van der Waals surface area contributed by atoms with Crippen molar-refractivity contribution in [1.29, 1.82) is 0 Å². The van der Waals surface area contributed by atoms with E-state index in [4.69, 9.17) is 34.2 Å². The van der Waals surface area contributed by atoms with Crippen molar-refractivity contribution in [1.82, 2.24) is 21.3 Å². The number of primary amides is 1. The molecule has 6 aliphatic rings. The van der Waals surface area contributed by atoms with Gasteiger partial charge in [-0.2, -0.15) is 0 Å². The molecule has 0 aromatic heterocycles. The fraction of sp³-hybridized carbons (Fsp3) is 0.721. The minimum atomic E-state index is -2.37. The van der Waals surface area contributed by atoms with Crippen LogP contribution < -0.4 is 37.1 Å². The van der Waals surface area contributed by atoms with E-state index in [-0.39, 0.29) is 82.1 Å². The molecule has 5 saturated carbocycles. The zero-order chi connectivity index (χ0) is 60.8. The van der Waals surface area contributed by atoms with Crippen LogP contribution in [0.2, 0.25) is 0 Å². The number of carbonyl (C=O) groups excluding carboxylic acids is 7. The van der Waals surface area contributed by atoms with Crippen LogP contribution in [0.25, 0.3) is 0 Å². The lowest BCUT2D eigenvalue weighted by Gasteiger charge is -2.63. The van der Waals surface area contributed by atoms with Crippen molar-refractivity contribution in [3.63, 3.8) is 0 Å². The van der Waals surface area contributed by atoms with Crippen LogP contribution >= 0.6 is 0 Å². The number of aliphatic hydroxyl groups excluding tert-OH is 1. The molecule has 23 heteroatoms. The number of nitrogens with two attached hydrogens (primary N) is 1. The molecule has 0 bridgehead atoms. The Morgan fingerprint density at radius 1 is 0.810 bits per heavy atom. The average Bonchev–Trinajstić information content (AvgIpc) is 1.26. The number of carbonyl (C=O) groups is 7. The number of Topliss-reactive ketones (excluding diaryl/α,β-unsaturated/α-hetero) is 1. The fourth-order valence-corrected chi connectivity index (χ4v) is 14.2. The van der Waals surface area contributed by atoms with Crippen molar-refractivity contribution < 1.29 is 81.0 Å². The largest absolute Gasteiger partial charge is 0.486 e. The fourth-order valence-electron chi connectivity index (χ4n) is 14.2. The lowest BCUT2D eigenvalue weighted by molar-refractivity contribution is -0.223. The second-order valence-corrected chi connectivity index (χ2v) is 24.5. The van der Waals surface area contributed by atoms with Gasteiger partial charge in [0.2, 0.25) is 23.5 Å². The molecule has 13 atom stereocenters. The van der Waals surface area contributed by atoms with Crippen LogP contribution in [0.15, 0.2) is 48.1 Å². The van der Waals surface area contributed by atoms with Gasteiger partial charge in [0.1, 0.15) is 36.2 Å². The van der Waals surface area contributed by atoms with Crippen LogP contribution in [0, 0.1) is 52.3 Å². The van der Waals surface area contributed by atoms with Crippen molar-refractivity contribution in [3.05, 3.63) is 48.1 Å². The van der Waals surface area contributed by atoms with Crippen LogP contribution in [0.4, 0.5) is 24.1 Å². The molecule has 7 rings (SSSR count). The van der Waals surface area contributed by atoms with Crippen molar-refractivity contribution in [3.8, 4) is 5.75 Å². The van der Waals surface area contributed by atoms with Gasteiger partial charge >= 0.3 is 12.1 Å². The Morgan fingerprint density at radius 3 is 2.07 bits per heavy atom. The summed E-state index contributed by atoms with van der Waals surface area (Å²) in [5.41, 5.74) is -1.90. The molecule has 0 aliphatic heterocycles. The predicted octanol–water partition coefficient (Wildman–Crippen LogP) is 5.34. The monoisotopic (exact) mass is 1180 g/mol. The van der Waals surface area contributed by atoms with E-state index in [0.29, 0.717) is 57.8 Å². The lowest BCUT2D eigenvalue weighted by atomic mass is 9.44. The molecule has 0 radical (unpaired) electrons. The molecule has 468 valence electrons. The predicted molar refractivity (Wildman–Crippen MR) is 305 cm³/mol. The quantitative estimate of drug-likeness (QED) is 0.0435. The Morgan fingerprint density at radius 2 is 1.44 bits per heavy atom. The molecule has 84 heavy (non-hydrogen) atoms. The first-order valence-corrected chi connectivity index (χ1v) is 30.1. The van der Waals surface area contributed by atoms with Gasteiger partial charge in [0.05, 0.1) is 65.6 Å². The summed E-state index contributed by atoms with van der Waals surface area (Å²) in [7, 11) is 0. The first kappa shape index (κ1) is 65.9. The molecule has 1 aromatic carbocycles. The summed E-state index contributed by atoms with van der Waals surface area (Å²) in [5, 5.41) is 37.5. The van der Waals surface area contributed by atoms with Gasteiger partial charge in [-0.05, 0) is 129 Å². The van der Waals surface area contributed by atoms with Gasteiger partial charge in [0, 0.05) is 41.9 Å². The topological polar surface area (TPSA) is 302 Å². The third-order valence-corrected chi connectivity index (χ3v) is 18.8. The van der Waals surface area contributed by atoms with Crippen LogP contribution in [-0.2, 0) is 47.7 Å². The number of hydrogen-bond donors (Lipinski definition) is 8. The Bertz CT molecular complexity index is 2510. The maximum atomic E-state index is 17.7. The number of rotatable bonds is 31. The maximum Gasteiger partial charge on any atom is 0.407 e. The third-order valence-electron chi connectivity index (χ3n) is 18.8. The number of halogens is 2. The van der Waals surface area contributed by atoms with E-state index in [9.17, 15) is 43.8 Å². The summed E-state index contributed by atoms with van der Waals surface area (Å²) in [4.78, 5) is 90.4. The number of anilines is 1. The number of fused-ring (bicyclic) bond motifs is 6. The molecular weight excluding hydrogens is 1090 g/mol. The number of hydrogen-bond acceptors (Lipinski definition) is 15. The summed E-state index contributed by atoms with van der Waals surface area (Å²) in [6, 6.07) is 3.07. The Balaban J connectivity index is 0.788. The number of alkyl carbamates (subject to hydrolysis) is 1. The number of allylic oxidation sites excluding steroid dienone is 4. The Labute approximate surface area is 491 Å². The molecule has 6 amide bonds. The molecule has 0 spiro atoms. The van der Waals surface area contributed by atoms with E-state index in [2.05, 4.69) is 26.6 Å². The summed E-state index contributed by atoms with van der Waals surface area (Å²) in [6.45, 7) is 10.9. The van der Waals surface area contributed by atoms with E-state index < -0.39 is 112 Å². The number of amides is 6. The van der Waals surface area contributed by atoms with E-state index in [0.717, 1.165) is 17.9 Å². The number of ketones is 2. The normalized spacial score (nSPS) is 31.0. The average molecular weight is 1190 g/mol. The summed E-state index contributed by atoms with van der Waals surface area (Å²) < 4.78 is 67.1. The molecule has 0 saturated heterocycles. The van der Waals surface area contributed by atoms with E-state index in [1.165, 1.54) is 81.9 Å². The molecule has 5 fully saturated rings. The zero-order valence-electron chi connectivity index (χ0n) is 49.4. The minimum Gasteiger partial charge on any atom is -0.486 e. The number of aliphatic hydroxyl groups is 2. The standard InChI is InChI=1S/C61H90F2N6O15/c1-37(2)53(69-52(73)19-23-79-25-27-81-29-30-82-28-26-80-24-22-66-57(77)84-35-44-42-11-8-6-7-9-12-43(42)44)55(75)68-49(13-10-21-65-56(64)76)54(74)67-39-14-16-41(17-15-39)83-36-51(72)61(78)38(3)31-45-46-33-48(62)47-32-40(70)18-20-58(47,4)60(46,63)50(71)34-59(45,61)5/h14-18,20,32,37-38,42-46,48-50,53,71,78H,6-13,19,21-31,33-36H2,1-5H3,(H,66,77)(H,67,74)(H,68,75)(H,69,73)(H3,64,65,76)/t38-,42?,43?,44?,45+,46+,48+,49+,50+,53+,58+,59+,60+,61+/m1/s1. The Hall–Kier alpha value is -5.59. The first-order valence-electron chi connectivity index (χ1n) is 30.1. The second kappa shape index (κ2) is 29.7. The minimum absolute atomic E-state index is 0.0172. The number of benzene rings is 1. The van der Waals surface area contributed by atoms with Crippen LogP contribution in [0.1, 0.15) is 112 Å². The van der Waals surface area contributed by atoms with Gasteiger partial charge in [-0.25, -0.2) is 18.4 Å². The van der Waals surface area contributed by atoms with E-state index in [1.54, 1.807) is 27.7 Å². The molecule has 6 aliphatic carbocycles. The number of ether oxygens (including phenoxy) is 6. The van der Waals surface area contributed by atoms with E-state index >= 15 is 8.78 Å². The SMILES string of the molecule is CC(C)[C@H](NC(=O)CCOCCOCCOCCOCCNC(=O)OCC1C2CCCCCCC21)C(=O)N[C@@H](CCCNC(N)=O)C(=O)Nc1ccc(OCC(=O)[C@@]2(O)[C@H](C)C[C@H]3[C@@H]4C[C@H](F)C5=CC(=O)C=C[C@]5(C)[C@@]4(F)[C@@H](O)C[C@@]32C)cc1. The second-order valence-electron chi connectivity index (χ2n) is 24.5. The molecule has 2 unspecified atom stereocenters. The smallest absolute Gasteiger partial charge is 0.407 e. The van der Waals surface area contributed by atoms with Gasteiger partial charge in [-0.15, -0.1) is 0 Å². The van der Waals surface area contributed by atoms with Crippen LogP contribution in [-0.4, -0.2) is 166 Å². The molecule has 21 nitrogen and oxygen atoms in total. The van der Waals surface area contributed by atoms with Crippen LogP contribution in [0.3, 0.4) is 0 Å². The highest BCUT2D eigenvalue weighted by Gasteiger charge is 2.76. The number of alkyl halides is 2. The molecule has 0 heterocycles. The van der Waals surface area contributed by atoms with Crippen molar-refractivity contribution in [2.45, 2.75) is 147 Å². The summed E-state index contributed by atoms with van der Waals surface area (Å²) in [6.07, 6.45) is 7.40. The highest BCUT2D eigenvalue weighted by Crippen LogP contribution is 2.71. The Kier molecular flexibility index (Phi) is 23.3. The number of urea groups is 1. The summed E-state index contributed by atoms with van der Waals surface area (Å²) in [5.74, 6) is -3.54. The van der Waals surface area contributed by atoms with Gasteiger partial charge in [0.15, 0.2) is 11.5 Å². The molecule has 9 N–H and O–H groups in total. The van der Waals surface area contributed by atoms with Gasteiger partial charge < -0.3 is 71.0 Å². The van der Waals surface area contributed by atoms with Crippen molar-refractivity contribution >= 4 is 47.1 Å².